The third kappa shape index (κ3) is 10.6. The summed E-state index contributed by atoms with van der Waals surface area (Å²) < 4.78 is 0. The predicted molar refractivity (Wildman–Crippen MR) is 134 cm³/mol. The van der Waals surface area contributed by atoms with Gasteiger partial charge in [0.25, 0.3) is 0 Å². The first-order chi connectivity index (χ1) is 16.7. The van der Waals surface area contributed by atoms with Gasteiger partial charge in [0.15, 0.2) is 6.04 Å². The normalized spacial score (nSPS) is 15.5. The molecule has 0 aliphatic carbocycles. The first kappa shape index (κ1) is 30.9. The number of carboxylic acid groups (broad SMARTS) is 1. The Morgan fingerprint density at radius 3 is 1.67 bits per heavy atom. The van der Waals surface area contributed by atoms with Crippen LogP contribution in [0.25, 0.3) is 0 Å². The Balaban J connectivity index is 2.97. The van der Waals surface area contributed by atoms with E-state index >= 15 is 0 Å². The summed E-state index contributed by atoms with van der Waals surface area (Å²) in [7, 11) is 0. The van der Waals surface area contributed by atoms with Gasteiger partial charge in [-0.25, -0.2) is 4.79 Å². The van der Waals surface area contributed by atoms with E-state index in [4.69, 9.17) is 5.73 Å². The second-order valence-corrected chi connectivity index (χ2v) is 9.92. The van der Waals surface area contributed by atoms with Crippen LogP contribution in [0.5, 0.6) is 5.75 Å². The summed E-state index contributed by atoms with van der Waals surface area (Å²) in [5.74, 6) is -3.20. The van der Waals surface area contributed by atoms with E-state index in [1.165, 1.54) is 19.1 Å². The molecular formula is C25H40N4O7. The van der Waals surface area contributed by atoms with Crippen molar-refractivity contribution in [1.29, 1.82) is 0 Å². The fraction of sp³-hybridized carbons (Fsp3) is 0.600. The van der Waals surface area contributed by atoms with Crippen LogP contribution < -0.4 is 21.7 Å². The molecule has 0 saturated carbocycles. The van der Waals surface area contributed by atoms with Crippen LogP contribution in [0.2, 0.25) is 0 Å². The maximum atomic E-state index is 13.1. The molecule has 1 aromatic carbocycles. The number of nitrogens with one attached hydrogen (secondary N) is 3. The summed E-state index contributed by atoms with van der Waals surface area (Å²) in [5.41, 5.74) is 6.78. The first-order valence-corrected chi connectivity index (χ1v) is 12.1. The van der Waals surface area contributed by atoms with Gasteiger partial charge in [-0.05, 0) is 55.7 Å². The zero-order chi connectivity index (χ0) is 27.6. The Morgan fingerprint density at radius 1 is 0.806 bits per heavy atom. The number of rotatable bonds is 14. The third-order valence-corrected chi connectivity index (χ3v) is 5.46. The number of hydrogen-bond donors (Lipinski definition) is 7. The van der Waals surface area contributed by atoms with Crippen LogP contribution in [0.3, 0.4) is 0 Å². The van der Waals surface area contributed by atoms with Crippen molar-refractivity contribution in [3.05, 3.63) is 29.8 Å². The fourth-order valence-corrected chi connectivity index (χ4v) is 3.58. The van der Waals surface area contributed by atoms with E-state index < -0.39 is 54.0 Å². The molecule has 5 atom stereocenters. The highest BCUT2D eigenvalue weighted by atomic mass is 16.4. The van der Waals surface area contributed by atoms with Crippen molar-refractivity contribution in [2.24, 2.45) is 17.6 Å². The molecule has 0 radical (unpaired) electrons. The number of aliphatic hydroxyl groups excluding tert-OH is 1. The van der Waals surface area contributed by atoms with Crippen LogP contribution in [0, 0.1) is 11.8 Å². The van der Waals surface area contributed by atoms with E-state index in [1.54, 1.807) is 12.1 Å². The van der Waals surface area contributed by atoms with Gasteiger partial charge < -0.3 is 37.0 Å². The van der Waals surface area contributed by atoms with Gasteiger partial charge in [-0.2, -0.15) is 0 Å². The highest BCUT2D eigenvalue weighted by Crippen LogP contribution is 2.12. The van der Waals surface area contributed by atoms with Gasteiger partial charge >= 0.3 is 5.97 Å². The number of benzene rings is 1. The molecule has 1 rings (SSSR count). The maximum absolute atomic E-state index is 13.1. The van der Waals surface area contributed by atoms with Crippen molar-refractivity contribution in [2.45, 2.75) is 84.2 Å². The van der Waals surface area contributed by atoms with Crippen LogP contribution in [-0.2, 0) is 25.6 Å². The lowest BCUT2D eigenvalue weighted by Crippen LogP contribution is -2.58. The highest BCUT2D eigenvalue weighted by Gasteiger charge is 2.32. The summed E-state index contributed by atoms with van der Waals surface area (Å²) in [5, 5.41) is 35.9. The number of phenols is 1. The number of aliphatic carboxylic acids is 1. The van der Waals surface area contributed by atoms with Crippen molar-refractivity contribution < 1.29 is 34.5 Å². The number of amides is 3. The molecule has 11 nitrogen and oxygen atoms in total. The monoisotopic (exact) mass is 508 g/mol. The molecule has 0 aliphatic rings. The largest absolute Gasteiger partial charge is 0.508 e. The van der Waals surface area contributed by atoms with Gasteiger partial charge in [0.05, 0.1) is 12.1 Å². The number of aliphatic hydroxyl groups is 1. The quantitative estimate of drug-likeness (QED) is 0.186. The van der Waals surface area contributed by atoms with Gasteiger partial charge in [0, 0.05) is 0 Å². The molecule has 36 heavy (non-hydrogen) atoms. The van der Waals surface area contributed by atoms with Gasteiger partial charge in [0.1, 0.15) is 17.8 Å². The van der Waals surface area contributed by atoms with Gasteiger partial charge in [-0.15, -0.1) is 0 Å². The maximum Gasteiger partial charge on any atom is 0.328 e. The molecule has 0 aromatic heterocycles. The Labute approximate surface area is 211 Å². The average molecular weight is 509 g/mol. The number of hydrogen-bond acceptors (Lipinski definition) is 7. The fourth-order valence-electron chi connectivity index (χ4n) is 3.58. The molecule has 3 amide bonds. The van der Waals surface area contributed by atoms with E-state index in [2.05, 4.69) is 16.0 Å². The number of carbonyl (C=O) groups excluding carboxylic acids is 3. The van der Waals surface area contributed by atoms with E-state index in [0.717, 1.165) is 5.56 Å². The van der Waals surface area contributed by atoms with Crippen LogP contribution >= 0.6 is 0 Å². The molecule has 5 unspecified atom stereocenters. The number of carbonyl (C=O) groups is 4. The van der Waals surface area contributed by atoms with Crippen molar-refractivity contribution in [2.75, 3.05) is 0 Å². The van der Waals surface area contributed by atoms with E-state index in [1.807, 2.05) is 27.7 Å². The van der Waals surface area contributed by atoms with Gasteiger partial charge in [-0.3, -0.25) is 14.4 Å². The minimum Gasteiger partial charge on any atom is -0.508 e. The van der Waals surface area contributed by atoms with Crippen molar-refractivity contribution >= 4 is 23.7 Å². The number of nitrogens with two attached hydrogens (primary N) is 1. The van der Waals surface area contributed by atoms with Crippen molar-refractivity contribution in [3.63, 3.8) is 0 Å². The van der Waals surface area contributed by atoms with E-state index in [0.29, 0.717) is 0 Å². The summed E-state index contributed by atoms with van der Waals surface area (Å²) in [6, 6.07) is 1.74. The van der Waals surface area contributed by atoms with Crippen LogP contribution in [0.4, 0.5) is 0 Å². The lowest BCUT2D eigenvalue weighted by molar-refractivity contribution is -0.145. The second-order valence-electron chi connectivity index (χ2n) is 9.92. The van der Waals surface area contributed by atoms with Gasteiger partial charge in [0.2, 0.25) is 17.7 Å². The molecule has 1 aromatic rings. The standard InChI is InChI=1S/C25H40N4O7/c1-13(2)10-19(27-22(32)18(26)12-16-6-8-17(31)9-7-16)23(33)28-20(11-14(3)4)24(34)29-21(15(5)30)25(35)36/h6-9,13-15,18-21,30-31H,10-12,26H2,1-5H3,(H,27,32)(H,28,33)(H,29,34)(H,35,36). The van der Waals surface area contributed by atoms with Crippen LogP contribution in [0.15, 0.2) is 24.3 Å². The minimum atomic E-state index is -1.53. The molecule has 0 aliphatic heterocycles. The molecule has 0 spiro atoms. The lowest BCUT2D eigenvalue weighted by atomic mass is 9.99. The second kappa shape index (κ2) is 14.4. The third-order valence-electron chi connectivity index (χ3n) is 5.46. The summed E-state index contributed by atoms with van der Waals surface area (Å²) in [6.07, 6.45) is -0.654. The van der Waals surface area contributed by atoms with Crippen molar-refractivity contribution in [3.8, 4) is 5.75 Å². The molecule has 11 heteroatoms. The average Bonchev–Trinajstić information content (AvgIpc) is 2.76. The van der Waals surface area contributed by atoms with Crippen molar-refractivity contribution in [1.82, 2.24) is 16.0 Å². The SMILES string of the molecule is CC(C)CC(NC(=O)C(N)Cc1ccc(O)cc1)C(=O)NC(CC(C)C)C(=O)NC(C(=O)O)C(C)O. The summed E-state index contributed by atoms with van der Waals surface area (Å²) in [4.78, 5) is 50.1. The molecule has 8 N–H and O–H groups in total. The Hall–Kier alpha value is -3.18. The lowest BCUT2D eigenvalue weighted by Gasteiger charge is -2.27. The summed E-state index contributed by atoms with van der Waals surface area (Å²) in [6.45, 7) is 8.67. The number of carboxylic acids is 1. The number of phenolic OH excluding ortho intramolecular Hbond substituents is 1. The Morgan fingerprint density at radius 2 is 1.25 bits per heavy atom. The predicted octanol–water partition coefficient (Wildman–Crippen LogP) is 0.274. The molecule has 0 fully saturated rings. The molecule has 0 saturated heterocycles. The molecular weight excluding hydrogens is 468 g/mol. The Bertz CT molecular complexity index is 887. The first-order valence-electron chi connectivity index (χ1n) is 12.1. The zero-order valence-corrected chi connectivity index (χ0v) is 21.5. The summed E-state index contributed by atoms with van der Waals surface area (Å²) >= 11 is 0. The number of aromatic hydroxyl groups is 1. The van der Waals surface area contributed by atoms with Gasteiger partial charge in [-0.1, -0.05) is 39.8 Å². The minimum absolute atomic E-state index is 0.0206. The van der Waals surface area contributed by atoms with E-state index in [9.17, 15) is 34.5 Å². The molecule has 202 valence electrons. The Kier molecular flexibility index (Phi) is 12.3. The van der Waals surface area contributed by atoms with E-state index in [-0.39, 0.29) is 36.8 Å². The van der Waals surface area contributed by atoms with Crippen LogP contribution in [-0.4, -0.2) is 69.3 Å². The zero-order valence-electron chi connectivity index (χ0n) is 21.5. The molecule has 0 heterocycles. The molecule has 0 bridgehead atoms. The highest BCUT2D eigenvalue weighted by molar-refractivity contribution is 5.94. The van der Waals surface area contributed by atoms with Crippen LogP contribution in [0.1, 0.15) is 53.0 Å². The topological polar surface area (TPSA) is 191 Å². The smallest absolute Gasteiger partial charge is 0.328 e.